The Kier molecular flexibility index (Phi) is 8.13. The van der Waals surface area contributed by atoms with Crippen LogP contribution in [0.5, 0.6) is 5.75 Å². The Hall–Kier alpha value is -3.76. The van der Waals surface area contributed by atoms with Crippen LogP contribution in [0.15, 0.2) is 30.4 Å². The van der Waals surface area contributed by atoms with Gasteiger partial charge < -0.3 is 29.2 Å². The van der Waals surface area contributed by atoms with Crippen LogP contribution in [0.4, 0.5) is 9.59 Å². The van der Waals surface area contributed by atoms with E-state index in [9.17, 15) is 19.2 Å². The second-order valence-electron chi connectivity index (χ2n) is 10.7. The number of ether oxygens (including phenoxy) is 4. The quantitative estimate of drug-likeness (QED) is 0.335. The second kappa shape index (κ2) is 11.3. The van der Waals surface area contributed by atoms with Crippen molar-refractivity contribution in [3.05, 3.63) is 41.5 Å². The molecule has 11 heteroatoms. The molecule has 0 aromatic heterocycles. The van der Waals surface area contributed by atoms with Gasteiger partial charge in [-0.2, -0.15) is 0 Å². The summed E-state index contributed by atoms with van der Waals surface area (Å²) in [6.07, 6.45) is 2.26. The van der Waals surface area contributed by atoms with E-state index in [4.69, 9.17) is 18.9 Å². The maximum atomic E-state index is 13.7. The summed E-state index contributed by atoms with van der Waals surface area (Å²) in [6, 6.07) is 3.75. The van der Waals surface area contributed by atoms with Crippen LogP contribution in [0.25, 0.3) is 0 Å². The number of rotatable bonds is 1. The van der Waals surface area contributed by atoms with Crippen LogP contribution in [0, 0.1) is 5.41 Å². The number of hydrogen-bond donors (Lipinski definition) is 1. The van der Waals surface area contributed by atoms with Crippen molar-refractivity contribution >= 4 is 24.1 Å². The third-order valence-electron chi connectivity index (χ3n) is 6.85. The van der Waals surface area contributed by atoms with E-state index < -0.39 is 47.7 Å². The summed E-state index contributed by atoms with van der Waals surface area (Å²) in [6.45, 7) is 6.63. The van der Waals surface area contributed by atoms with Crippen molar-refractivity contribution in [2.75, 3.05) is 26.9 Å². The minimum Gasteiger partial charge on any atom is -0.490 e. The van der Waals surface area contributed by atoms with Crippen LogP contribution in [0.1, 0.15) is 44.7 Å². The molecule has 38 heavy (non-hydrogen) atoms. The number of fused-ring (bicyclic) bond motifs is 4. The Morgan fingerprint density at radius 2 is 1.84 bits per heavy atom. The molecule has 3 aliphatic heterocycles. The van der Waals surface area contributed by atoms with Crippen molar-refractivity contribution in [2.45, 2.75) is 64.9 Å². The van der Waals surface area contributed by atoms with E-state index in [2.05, 4.69) is 5.32 Å². The lowest BCUT2D eigenvalue weighted by Gasteiger charge is -2.34. The number of cyclic esters (lactones) is 1. The van der Waals surface area contributed by atoms with Gasteiger partial charge in [0.05, 0.1) is 20.3 Å². The maximum Gasteiger partial charge on any atom is 0.410 e. The van der Waals surface area contributed by atoms with Gasteiger partial charge in [0.15, 0.2) is 0 Å². The first-order valence-corrected chi connectivity index (χ1v) is 12.7. The summed E-state index contributed by atoms with van der Waals surface area (Å²) in [5.41, 5.74) is 1.28. The SMILES string of the molecule is COC(=O)C1C[C@@H]2CN1C(=O)[C@H](C(C)(C)C)NC(=O)OCC/C=C/COc1ccc3c(c1)CN(C3)C(=O)O2. The molecule has 0 saturated carbocycles. The lowest BCUT2D eigenvalue weighted by atomic mass is 9.85. The molecule has 1 aromatic carbocycles. The number of carbonyl (C=O) groups is 4. The molecule has 0 spiro atoms. The minimum absolute atomic E-state index is 0.00276. The first-order valence-electron chi connectivity index (χ1n) is 12.7. The van der Waals surface area contributed by atoms with E-state index in [1.54, 1.807) is 25.7 Å². The van der Waals surface area contributed by atoms with E-state index in [1.165, 1.54) is 12.0 Å². The van der Waals surface area contributed by atoms with E-state index in [-0.39, 0.29) is 19.6 Å². The van der Waals surface area contributed by atoms with Crippen molar-refractivity contribution < 1.29 is 38.1 Å². The summed E-state index contributed by atoms with van der Waals surface area (Å²) >= 11 is 0. The molecule has 4 rings (SSSR count). The molecule has 1 saturated heterocycles. The van der Waals surface area contributed by atoms with Crippen molar-refractivity contribution in [3.63, 3.8) is 0 Å². The highest BCUT2D eigenvalue weighted by Crippen LogP contribution is 2.30. The molecular formula is C27H35N3O8. The standard InChI is InChI=1S/C27H35N3O8/c1-27(2,3)22-23(31)30-16-20(13-21(30)24(32)35-4)38-26(34)29-14-17-8-9-19(12-18(17)15-29)36-10-6-5-7-11-37-25(33)28-22/h5-6,8-9,12,20-22H,7,10-11,13-16H2,1-4H3,(H,28,33)/b6-5+/t20-,21?,22-/m1/s1. The molecular weight excluding hydrogens is 494 g/mol. The average molecular weight is 530 g/mol. The zero-order chi connectivity index (χ0) is 27.4. The zero-order valence-corrected chi connectivity index (χ0v) is 22.2. The van der Waals surface area contributed by atoms with Gasteiger partial charge in [0.2, 0.25) is 5.91 Å². The van der Waals surface area contributed by atoms with Gasteiger partial charge in [-0.25, -0.2) is 14.4 Å². The summed E-state index contributed by atoms with van der Waals surface area (Å²) in [4.78, 5) is 54.8. The summed E-state index contributed by atoms with van der Waals surface area (Å²) in [5, 5.41) is 2.66. The number of benzene rings is 1. The molecule has 0 radical (unpaired) electrons. The number of carbonyl (C=O) groups excluding carboxylic acids is 4. The molecule has 0 aliphatic carbocycles. The molecule has 5 bridgehead atoms. The second-order valence-corrected chi connectivity index (χ2v) is 10.7. The molecule has 1 unspecified atom stereocenters. The number of esters is 1. The number of nitrogens with zero attached hydrogens (tertiary/aromatic N) is 2. The van der Waals surface area contributed by atoms with Crippen molar-refractivity contribution in [3.8, 4) is 5.75 Å². The highest BCUT2D eigenvalue weighted by molar-refractivity contribution is 5.91. The van der Waals surface area contributed by atoms with Gasteiger partial charge in [-0.05, 0) is 35.1 Å². The molecule has 3 amide bonds. The van der Waals surface area contributed by atoms with E-state index in [0.717, 1.165) is 11.1 Å². The molecule has 3 aliphatic rings. The normalized spacial score (nSPS) is 25.6. The van der Waals surface area contributed by atoms with Crippen LogP contribution in [0.3, 0.4) is 0 Å². The molecule has 1 N–H and O–H groups in total. The number of amides is 3. The third kappa shape index (κ3) is 6.20. The van der Waals surface area contributed by atoms with Crippen LogP contribution in [0.2, 0.25) is 0 Å². The van der Waals surface area contributed by atoms with Gasteiger partial charge >= 0.3 is 18.2 Å². The summed E-state index contributed by atoms with van der Waals surface area (Å²) in [7, 11) is 1.24. The molecule has 1 fully saturated rings. The smallest absolute Gasteiger partial charge is 0.410 e. The fourth-order valence-corrected chi connectivity index (χ4v) is 4.82. The zero-order valence-electron chi connectivity index (χ0n) is 22.2. The Morgan fingerprint density at radius 3 is 2.58 bits per heavy atom. The van der Waals surface area contributed by atoms with Gasteiger partial charge in [-0.15, -0.1) is 0 Å². The van der Waals surface area contributed by atoms with Gasteiger partial charge in [-0.3, -0.25) is 9.69 Å². The Morgan fingerprint density at radius 1 is 1.08 bits per heavy atom. The number of nitrogens with one attached hydrogen (secondary N) is 1. The Bertz CT molecular complexity index is 1110. The van der Waals surface area contributed by atoms with E-state index in [1.807, 2.05) is 30.4 Å². The molecule has 206 valence electrons. The largest absolute Gasteiger partial charge is 0.490 e. The minimum atomic E-state index is -0.989. The van der Waals surface area contributed by atoms with Crippen LogP contribution in [-0.2, 0) is 36.9 Å². The predicted octanol–water partition coefficient (Wildman–Crippen LogP) is 2.76. The molecule has 1 aromatic rings. The Balaban J connectivity index is 1.58. The van der Waals surface area contributed by atoms with Crippen molar-refractivity contribution in [1.29, 1.82) is 0 Å². The summed E-state index contributed by atoms with van der Waals surface area (Å²) in [5.74, 6) is -0.411. The van der Waals surface area contributed by atoms with Crippen LogP contribution >= 0.6 is 0 Å². The molecule has 3 heterocycles. The lowest BCUT2D eigenvalue weighted by Crippen LogP contribution is -2.57. The monoisotopic (exact) mass is 529 g/mol. The maximum absolute atomic E-state index is 13.7. The van der Waals surface area contributed by atoms with Crippen molar-refractivity contribution in [1.82, 2.24) is 15.1 Å². The van der Waals surface area contributed by atoms with E-state index >= 15 is 0 Å². The fraction of sp³-hybridized carbons (Fsp3) is 0.556. The van der Waals surface area contributed by atoms with Gasteiger partial charge in [0, 0.05) is 19.5 Å². The average Bonchev–Trinajstić information content (AvgIpc) is 3.49. The van der Waals surface area contributed by atoms with Crippen LogP contribution in [-0.4, -0.2) is 78.9 Å². The molecule has 3 atom stereocenters. The number of methoxy groups -OCH3 is 1. The van der Waals surface area contributed by atoms with Gasteiger partial charge in [-0.1, -0.05) is 39.0 Å². The van der Waals surface area contributed by atoms with Gasteiger partial charge in [0.25, 0.3) is 0 Å². The number of hydrogen-bond acceptors (Lipinski definition) is 8. The highest BCUT2D eigenvalue weighted by Gasteiger charge is 2.47. The third-order valence-corrected chi connectivity index (χ3v) is 6.85. The topological polar surface area (TPSA) is 124 Å². The highest BCUT2D eigenvalue weighted by atomic mass is 16.6. The van der Waals surface area contributed by atoms with Gasteiger partial charge in [0.1, 0.15) is 30.5 Å². The Labute approximate surface area is 222 Å². The lowest BCUT2D eigenvalue weighted by molar-refractivity contribution is -0.152. The predicted molar refractivity (Wildman–Crippen MR) is 135 cm³/mol. The van der Waals surface area contributed by atoms with Crippen molar-refractivity contribution in [2.24, 2.45) is 5.41 Å². The van der Waals surface area contributed by atoms with Crippen LogP contribution < -0.4 is 10.1 Å². The number of alkyl carbamates (subject to hydrolysis) is 1. The van der Waals surface area contributed by atoms with E-state index in [0.29, 0.717) is 31.9 Å². The first kappa shape index (κ1) is 27.3. The summed E-state index contributed by atoms with van der Waals surface area (Å²) < 4.78 is 21.8. The first-order chi connectivity index (χ1) is 18.1. The fourth-order valence-electron chi connectivity index (χ4n) is 4.82. The molecule has 11 nitrogen and oxygen atoms in total.